The Morgan fingerprint density at radius 1 is 1.57 bits per heavy atom. The molecule has 0 amide bonds. The Labute approximate surface area is 104 Å². The van der Waals surface area contributed by atoms with Crippen LogP contribution < -0.4 is 0 Å². The van der Waals surface area contributed by atoms with E-state index in [2.05, 4.69) is 58.0 Å². The summed E-state index contributed by atoms with van der Waals surface area (Å²) in [7, 11) is 1.50. The Morgan fingerprint density at radius 3 is 2.93 bits per heavy atom. The molecular weight excluding hydrogens is 303 g/mol. The zero-order valence-corrected chi connectivity index (χ0v) is 11.4. The highest BCUT2D eigenvalue weighted by Crippen LogP contribution is 2.08. The number of rotatable bonds is 5. The average molecular weight is 318 g/mol. The largest absolute Gasteiger partial charge is 0.0990 e. The monoisotopic (exact) mass is 318 g/mol. The van der Waals surface area contributed by atoms with E-state index in [0.717, 1.165) is 12.0 Å². The molecule has 0 unspecified atom stereocenters. The lowest BCUT2D eigenvalue weighted by Crippen LogP contribution is -1.72. The van der Waals surface area contributed by atoms with Gasteiger partial charge in [-0.25, -0.2) is 0 Å². The Hall–Kier alpha value is -0.140. The van der Waals surface area contributed by atoms with Gasteiger partial charge in [0.15, 0.2) is 0 Å². The fourth-order valence-corrected chi connectivity index (χ4v) is 1.36. The third-order valence-corrected chi connectivity index (χ3v) is 2.39. The summed E-state index contributed by atoms with van der Waals surface area (Å²) < 4.78 is 0. The highest BCUT2D eigenvalue weighted by Gasteiger charge is 1.83. The van der Waals surface area contributed by atoms with Crippen molar-refractivity contribution in [1.82, 2.24) is 0 Å². The van der Waals surface area contributed by atoms with Gasteiger partial charge in [-0.15, -0.1) is 0 Å². The molecule has 0 saturated heterocycles. The maximum atomic E-state index is 3.67. The van der Waals surface area contributed by atoms with Crippen LogP contribution in [0.15, 0.2) is 36.5 Å². The number of halogens is 1. The van der Waals surface area contributed by atoms with Crippen LogP contribution in [0.5, 0.6) is 0 Å². The molecule has 76 valence electrons. The Balaban J connectivity index is 4.16. The Bertz CT molecular complexity index is 266. The minimum atomic E-state index is 1.03. The quantitative estimate of drug-likeness (QED) is 0.301. The first-order valence-corrected chi connectivity index (χ1v) is 7.99. The summed E-state index contributed by atoms with van der Waals surface area (Å²) in [5.41, 5.74) is 1.03. The van der Waals surface area contributed by atoms with Crippen LogP contribution in [0, 0.1) is 11.2 Å². The van der Waals surface area contributed by atoms with Crippen LogP contribution in [0.3, 0.4) is 0 Å². The minimum absolute atomic E-state index is 1.03. The highest BCUT2D eigenvalue weighted by molar-refractivity contribution is 14.2. The summed E-state index contributed by atoms with van der Waals surface area (Å²) in [5.74, 6) is 3.06. The zero-order chi connectivity index (χ0) is 10.6. The maximum absolute atomic E-state index is 3.67. The Morgan fingerprint density at radius 2 is 2.36 bits per heavy atom. The van der Waals surface area contributed by atoms with E-state index in [1.807, 2.05) is 6.08 Å². The van der Waals surface area contributed by atoms with Gasteiger partial charge in [-0.1, -0.05) is 50.5 Å². The molecule has 0 aliphatic carbocycles. The summed E-state index contributed by atoms with van der Waals surface area (Å²) in [6.45, 7) is 5.86. The molecule has 2 heteroatoms. The van der Waals surface area contributed by atoms with Crippen LogP contribution >= 0.6 is 30.1 Å². The smallest absolute Gasteiger partial charge is 0.0251 e. The molecule has 0 radical (unpaired) electrons. The molecule has 0 atom stereocenters. The number of allylic oxidation sites excluding steroid dienone is 5. The molecule has 14 heavy (non-hydrogen) atoms. The fraction of sp³-hybridized carbons (Fsp3) is 0.333. The lowest BCUT2D eigenvalue weighted by atomic mass is 10.2. The molecular formula is C12H15IS. The van der Waals surface area contributed by atoms with Gasteiger partial charge in [0.2, 0.25) is 0 Å². The van der Waals surface area contributed by atoms with Crippen molar-refractivity contribution < 1.29 is 0 Å². The van der Waals surface area contributed by atoms with Crippen LogP contribution in [-0.2, 0) is 0 Å². The summed E-state index contributed by atoms with van der Waals surface area (Å²) in [4.78, 5) is 0. The van der Waals surface area contributed by atoms with Crippen molar-refractivity contribution in [3.63, 3.8) is 0 Å². The van der Waals surface area contributed by atoms with Crippen molar-refractivity contribution in [3.05, 3.63) is 36.5 Å². The molecule has 0 aliphatic heterocycles. The second-order valence-corrected chi connectivity index (χ2v) is 4.39. The van der Waals surface area contributed by atoms with Crippen LogP contribution in [0.2, 0.25) is 0 Å². The van der Waals surface area contributed by atoms with Crippen molar-refractivity contribution in [2.45, 2.75) is 26.2 Å². The van der Waals surface area contributed by atoms with Gasteiger partial charge in [0.1, 0.15) is 0 Å². The van der Waals surface area contributed by atoms with Crippen molar-refractivity contribution in [2.75, 3.05) is 0 Å². The maximum Gasteiger partial charge on any atom is 0.0251 e. The minimum Gasteiger partial charge on any atom is -0.0990 e. The predicted octanol–water partition coefficient (Wildman–Crippen LogP) is 4.89. The second kappa shape index (κ2) is 10.9. The van der Waals surface area contributed by atoms with Crippen LogP contribution in [0.25, 0.3) is 0 Å². The third kappa shape index (κ3) is 8.46. The summed E-state index contributed by atoms with van der Waals surface area (Å²) in [6.07, 6.45) is 11.5. The fourth-order valence-electron chi connectivity index (χ4n) is 0.876. The van der Waals surface area contributed by atoms with Crippen LogP contribution in [0.1, 0.15) is 26.2 Å². The van der Waals surface area contributed by atoms with E-state index in [9.17, 15) is 0 Å². The van der Waals surface area contributed by atoms with E-state index < -0.39 is 0 Å². The number of unbranched alkanes of at least 4 members (excludes halogenated alkanes) is 2. The van der Waals surface area contributed by atoms with Gasteiger partial charge in [0, 0.05) is 26.8 Å². The zero-order valence-electron chi connectivity index (χ0n) is 8.42. The topological polar surface area (TPSA) is 0 Å². The Kier molecular flexibility index (Phi) is 10.8. The van der Waals surface area contributed by atoms with Crippen molar-refractivity contribution in [2.24, 2.45) is 0 Å². The molecule has 0 N–H and O–H groups in total. The first-order valence-electron chi connectivity index (χ1n) is 4.63. The van der Waals surface area contributed by atoms with Crippen LogP contribution in [0.4, 0.5) is 0 Å². The van der Waals surface area contributed by atoms with Gasteiger partial charge in [0.25, 0.3) is 0 Å². The standard InChI is InChI=1S/C12H15IS/c1-3-5-6-7-9-12(8-4-2)10-11-14-13/h4,7-9H,2-3,5-6H2,1H3/b9-7-,12-8+. The summed E-state index contributed by atoms with van der Waals surface area (Å²) in [6, 6.07) is 0. The molecule has 0 aromatic rings. The first-order chi connectivity index (χ1) is 6.85. The predicted molar refractivity (Wildman–Crippen MR) is 76.3 cm³/mol. The molecule has 0 aliphatic rings. The highest BCUT2D eigenvalue weighted by atomic mass is 127. The van der Waals surface area contributed by atoms with Crippen LogP contribution in [-0.4, -0.2) is 0 Å². The molecule has 0 saturated carbocycles. The second-order valence-electron chi connectivity index (χ2n) is 2.71. The number of hydrogen-bond acceptors (Lipinski definition) is 1. The lowest BCUT2D eigenvalue weighted by Gasteiger charge is -1.89. The van der Waals surface area contributed by atoms with E-state index in [4.69, 9.17) is 0 Å². The molecule has 0 bridgehead atoms. The summed E-state index contributed by atoms with van der Waals surface area (Å²) >= 11 is 2.17. The van der Waals surface area contributed by atoms with Gasteiger partial charge in [-0.05, 0) is 26.7 Å². The van der Waals surface area contributed by atoms with E-state index >= 15 is 0 Å². The number of hydrogen-bond donors (Lipinski definition) is 0. The van der Waals surface area contributed by atoms with Gasteiger partial charge in [-0.3, -0.25) is 0 Å². The SMILES string of the molecule is C=C/C=C(C#CSI)\C=C/CCCC. The lowest BCUT2D eigenvalue weighted by molar-refractivity contribution is 0.814. The molecule has 0 heterocycles. The van der Waals surface area contributed by atoms with E-state index in [0.29, 0.717) is 0 Å². The average Bonchev–Trinajstić information content (AvgIpc) is 2.20. The summed E-state index contributed by atoms with van der Waals surface area (Å²) in [5, 5.41) is 2.96. The first kappa shape index (κ1) is 13.9. The van der Waals surface area contributed by atoms with Gasteiger partial charge >= 0.3 is 0 Å². The van der Waals surface area contributed by atoms with Crippen molar-refractivity contribution in [1.29, 1.82) is 0 Å². The molecule has 0 aromatic heterocycles. The molecule has 0 spiro atoms. The van der Waals surface area contributed by atoms with E-state index in [1.54, 1.807) is 6.08 Å². The van der Waals surface area contributed by atoms with Crippen molar-refractivity contribution >= 4 is 30.1 Å². The van der Waals surface area contributed by atoms with Crippen molar-refractivity contribution in [3.8, 4) is 11.2 Å². The normalized spacial score (nSPS) is 11.1. The molecule has 0 fully saturated rings. The van der Waals surface area contributed by atoms with Gasteiger partial charge in [0.05, 0.1) is 0 Å². The van der Waals surface area contributed by atoms with E-state index in [-0.39, 0.29) is 0 Å². The van der Waals surface area contributed by atoms with Gasteiger partial charge in [-0.2, -0.15) is 0 Å². The molecule has 0 aromatic carbocycles. The molecule has 0 nitrogen and oxygen atoms in total. The van der Waals surface area contributed by atoms with Gasteiger partial charge < -0.3 is 0 Å². The third-order valence-electron chi connectivity index (χ3n) is 1.55. The molecule has 0 rings (SSSR count). The van der Waals surface area contributed by atoms with E-state index in [1.165, 1.54) is 21.8 Å².